The van der Waals surface area contributed by atoms with Crippen molar-refractivity contribution < 1.29 is 19.1 Å². The molecule has 0 fully saturated rings. The van der Waals surface area contributed by atoms with Crippen molar-refractivity contribution in [1.82, 2.24) is 0 Å². The Labute approximate surface area is 151 Å². The molecule has 134 valence electrons. The Bertz CT molecular complexity index is 903. The van der Waals surface area contributed by atoms with Gasteiger partial charge in [0, 0.05) is 16.8 Å². The van der Waals surface area contributed by atoms with Gasteiger partial charge < -0.3 is 20.5 Å². The lowest BCUT2D eigenvalue weighted by Gasteiger charge is -2.19. The van der Waals surface area contributed by atoms with E-state index in [1.807, 2.05) is 25.1 Å². The van der Waals surface area contributed by atoms with Gasteiger partial charge in [0.1, 0.15) is 18.1 Å². The van der Waals surface area contributed by atoms with Crippen molar-refractivity contribution >= 4 is 23.6 Å². The standard InChI is InChI=1S/C20H20N2O4/c1-3-25-16-5-7-18-14(10-16)9-15(11-26-18)20(24)22-17-6-4-13(19(21)23)8-12(17)2/h4-10H,3,11H2,1-2H3,(H2,21,23)(H,22,24). The molecule has 1 heterocycles. The second-order valence-corrected chi connectivity index (χ2v) is 5.94. The van der Waals surface area contributed by atoms with E-state index in [0.29, 0.717) is 29.2 Å². The van der Waals surface area contributed by atoms with Crippen LogP contribution < -0.4 is 20.5 Å². The molecule has 2 aromatic rings. The molecule has 0 saturated carbocycles. The monoisotopic (exact) mass is 352 g/mol. The maximum Gasteiger partial charge on any atom is 0.255 e. The van der Waals surface area contributed by atoms with Gasteiger partial charge in [0.25, 0.3) is 5.91 Å². The summed E-state index contributed by atoms with van der Waals surface area (Å²) in [6.07, 6.45) is 1.80. The number of rotatable bonds is 5. The topological polar surface area (TPSA) is 90.6 Å². The minimum absolute atomic E-state index is 0.186. The average molecular weight is 352 g/mol. The van der Waals surface area contributed by atoms with Gasteiger partial charge in [-0.15, -0.1) is 0 Å². The Hall–Kier alpha value is -3.28. The molecule has 6 heteroatoms. The average Bonchev–Trinajstić information content (AvgIpc) is 2.62. The Balaban J connectivity index is 1.80. The lowest BCUT2D eigenvalue weighted by Crippen LogP contribution is -2.22. The van der Waals surface area contributed by atoms with E-state index in [0.717, 1.165) is 16.9 Å². The van der Waals surface area contributed by atoms with Crippen LogP contribution in [-0.4, -0.2) is 25.0 Å². The lowest BCUT2D eigenvalue weighted by molar-refractivity contribution is -0.113. The highest BCUT2D eigenvalue weighted by atomic mass is 16.5. The summed E-state index contributed by atoms with van der Waals surface area (Å²) < 4.78 is 11.1. The van der Waals surface area contributed by atoms with Gasteiger partial charge in [0.15, 0.2) is 0 Å². The minimum atomic E-state index is -0.504. The Morgan fingerprint density at radius 2 is 2.04 bits per heavy atom. The molecule has 1 aliphatic rings. The van der Waals surface area contributed by atoms with Crippen LogP contribution in [0.1, 0.15) is 28.4 Å². The molecule has 1 aliphatic heterocycles. The number of fused-ring (bicyclic) bond motifs is 1. The van der Waals surface area contributed by atoms with Crippen molar-refractivity contribution in [2.24, 2.45) is 5.73 Å². The predicted molar refractivity (Wildman–Crippen MR) is 99.4 cm³/mol. The fourth-order valence-electron chi connectivity index (χ4n) is 2.70. The normalized spacial score (nSPS) is 12.5. The second kappa shape index (κ2) is 7.31. The number of nitrogens with one attached hydrogen (secondary N) is 1. The van der Waals surface area contributed by atoms with Gasteiger partial charge in [-0.25, -0.2) is 0 Å². The molecular formula is C20H20N2O4. The highest BCUT2D eigenvalue weighted by Crippen LogP contribution is 2.30. The van der Waals surface area contributed by atoms with Gasteiger partial charge in [-0.1, -0.05) is 0 Å². The van der Waals surface area contributed by atoms with Crippen molar-refractivity contribution in [3.63, 3.8) is 0 Å². The smallest absolute Gasteiger partial charge is 0.255 e. The summed E-state index contributed by atoms with van der Waals surface area (Å²) in [5.74, 6) is 0.682. The summed E-state index contributed by atoms with van der Waals surface area (Å²) >= 11 is 0. The van der Waals surface area contributed by atoms with Crippen molar-refractivity contribution in [3.8, 4) is 11.5 Å². The van der Waals surface area contributed by atoms with Crippen LogP contribution in [0.15, 0.2) is 42.0 Å². The van der Waals surface area contributed by atoms with Gasteiger partial charge in [-0.3, -0.25) is 9.59 Å². The summed E-state index contributed by atoms with van der Waals surface area (Å²) in [4.78, 5) is 23.8. The zero-order chi connectivity index (χ0) is 18.7. The molecule has 0 aliphatic carbocycles. The number of carbonyl (C=O) groups is 2. The van der Waals surface area contributed by atoms with Gasteiger partial charge in [-0.2, -0.15) is 0 Å². The van der Waals surface area contributed by atoms with Crippen LogP contribution in [0.2, 0.25) is 0 Å². The number of nitrogens with two attached hydrogens (primary N) is 1. The van der Waals surface area contributed by atoms with Crippen molar-refractivity contribution in [3.05, 3.63) is 58.7 Å². The lowest BCUT2D eigenvalue weighted by atomic mass is 10.1. The molecule has 2 aromatic carbocycles. The zero-order valence-electron chi connectivity index (χ0n) is 14.7. The molecule has 0 radical (unpaired) electrons. The molecule has 0 atom stereocenters. The molecule has 0 bridgehead atoms. The van der Waals surface area contributed by atoms with E-state index in [2.05, 4.69) is 5.32 Å². The SMILES string of the molecule is CCOc1ccc2c(c1)C=C(C(=O)Nc1ccc(C(N)=O)cc1C)CO2. The third-order valence-electron chi connectivity index (χ3n) is 4.06. The molecule has 0 unspecified atom stereocenters. The molecule has 3 N–H and O–H groups in total. The van der Waals surface area contributed by atoms with Gasteiger partial charge in [0.2, 0.25) is 5.91 Å². The number of carbonyl (C=O) groups excluding carboxylic acids is 2. The molecule has 26 heavy (non-hydrogen) atoms. The Morgan fingerprint density at radius 1 is 1.23 bits per heavy atom. The summed E-state index contributed by atoms with van der Waals surface area (Å²) in [5, 5.41) is 2.85. The maximum atomic E-state index is 12.6. The largest absolute Gasteiger partial charge is 0.494 e. The number of anilines is 1. The van der Waals surface area contributed by atoms with E-state index in [1.54, 1.807) is 31.2 Å². The highest BCUT2D eigenvalue weighted by Gasteiger charge is 2.18. The number of ether oxygens (including phenoxy) is 2. The first-order chi connectivity index (χ1) is 12.5. The Morgan fingerprint density at radius 3 is 2.73 bits per heavy atom. The fraction of sp³-hybridized carbons (Fsp3) is 0.200. The van der Waals surface area contributed by atoms with Crippen LogP contribution in [0.3, 0.4) is 0 Å². The Kier molecular flexibility index (Phi) is 4.93. The van der Waals surface area contributed by atoms with Crippen LogP contribution in [0, 0.1) is 6.92 Å². The van der Waals surface area contributed by atoms with E-state index in [4.69, 9.17) is 15.2 Å². The molecule has 0 saturated heterocycles. The van der Waals surface area contributed by atoms with Crippen molar-refractivity contribution in [2.45, 2.75) is 13.8 Å². The number of hydrogen-bond acceptors (Lipinski definition) is 4. The molecular weight excluding hydrogens is 332 g/mol. The predicted octanol–water partition coefficient (Wildman–Crippen LogP) is 2.91. The first kappa shape index (κ1) is 17.5. The van der Waals surface area contributed by atoms with Crippen molar-refractivity contribution in [1.29, 1.82) is 0 Å². The summed E-state index contributed by atoms with van der Waals surface area (Å²) in [6.45, 7) is 4.47. The molecule has 6 nitrogen and oxygen atoms in total. The minimum Gasteiger partial charge on any atom is -0.494 e. The number of amides is 2. The third-order valence-corrected chi connectivity index (χ3v) is 4.06. The summed E-state index contributed by atoms with van der Waals surface area (Å²) in [7, 11) is 0. The van der Waals surface area contributed by atoms with Crippen LogP contribution in [0.25, 0.3) is 6.08 Å². The molecule has 3 rings (SSSR count). The van der Waals surface area contributed by atoms with Crippen LogP contribution in [-0.2, 0) is 4.79 Å². The van der Waals surface area contributed by atoms with Gasteiger partial charge in [0.05, 0.1) is 12.2 Å². The van der Waals surface area contributed by atoms with Gasteiger partial charge >= 0.3 is 0 Å². The first-order valence-electron chi connectivity index (χ1n) is 8.30. The van der Waals surface area contributed by atoms with E-state index in [9.17, 15) is 9.59 Å². The van der Waals surface area contributed by atoms with Crippen LogP contribution in [0.5, 0.6) is 11.5 Å². The molecule has 2 amide bonds. The number of hydrogen-bond donors (Lipinski definition) is 2. The summed E-state index contributed by atoms with van der Waals surface area (Å²) in [5.41, 5.74) is 8.35. The van der Waals surface area contributed by atoms with E-state index in [-0.39, 0.29) is 12.5 Å². The molecule has 0 spiro atoms. The third kappa shape index (κ3) is 3.69. The van der Waals surface area contributed by atoms with E-state index in [1.165, 1.54) is 0 Å². The van der Waals surface area contributed by atoms with Crippen molar-refractivity contribution in [2.75, 3.05) is 18.5 Å². The van der Waals surface area contributed by atoms with Crippen LogP contribution in [0.4, 0.5) is 5.69 Å². The van der Waals surface area contributed by atoms with E-state index < -0.39 is 5.91 Å². The number of primary amides is 1. The highest BCUT2D eigenvalue weighted by molar-refractivity contribution is 6.08. The quantitative estimate of drug-likeness (QED) is 0.866. The number of benzene rings is 2. The number of aryl methyl sites for hydroxylation is 1. The van der Waals surface area contributed by atoms with Gasteiger partial charge in [-0.05, 0) is 61.9 Å². The maximum absolute atomic E-state index is 12.6. The molecule has 0 aromatic heterocycles. The second-order valence-electron chi connectivity index (χ2n) is 5.94. The van der Waals surface area contributed by atoms with Crippen LogP contribution >= 0.6 is 0 Å². The fourth-order valence-corrected chi connectivity index (χ4v) is 2.70. The first-order valence-corrected chi connectivity index (χ1v) is 8.30. The summed E-state index contributed by atoms with van der Waals surface area (Å²) in [6, 6.07) is 10.4. The zero-order valence-corrected chi connectivity index (χ0v) is 14.7. The van der Waals surface area contributed by atoms with E-state index >= 15 is 0 Å².